The van der Waals surface area contributed by atoms with Crippen molar-refractivity contribution in [3.63, 3.8) is 0 Å². The van der Waals surface area contributed by atoms with Gasteiger partial charge in [0.15, 0.2) is 0 Å². The second kappa shape index (κ2) is 3.52. The van der Waals surface area contributed by atoms with Crippen LogP contribution in [-0.2, 0) is 6.42 Å². The van der Waals surface area contributed by atoms with Crippen molar-refractivity contribution in [3.05, 3.63) is 23.8 Å². The molecular formula is C10H7NOS2. The number of benzene rings is 1. The Balaban J connectivity index is 2.74. The first kappa shape index (κ1) is 9.38. The molecule has 0 saturated carbocycles. The highest BCUT2D eigenvalue weighted by molar-refractivity contribution is 7.83. The second-order valence-corrected chi connectivity index (χ2v) is 4.70. The minimum absolute atomic E-state index is 0.225. The van der Waals surface area contributed by atoms with Gasteiger partial charge in [-0.1, -0.05) is 0 Å². The van der Waals surface area contributed by atoms with Gasteiger partial charge in [-0.2, -0.15) is 5.26 Å². The molecule has 0 atom stereocenters. The summed E-state index contributed by atoms with van der Waals surface area (Å²) in [6.07, 6.45) is 0.336. The number of nitriles is 1. The van der Waals surface area contributed by atoms with Crippen LogP contribution in [0, 0.1) is 11.3 Å². The molecule has 0 aliphatic carbocycles. The van der Waals surface area contributed by atoms with Crippen molar-refractivity contribution < 1.29 is 5.11 Å². The number of fused-ring (bicyclic) bond motifs is 1. The molecule has 70 valence electrons. The number of nitrogens with zero attached hydrogens (tertiary/aromatic N) is 1. The second-order valence-electron chi connectivity index (χ2n) is 2.90. The topological polar surface area (TPSA) is 44.0 Å². The highest BCUT2D eigenvalue weighted by atomic mass is 32.2. The smallest absolute Gasteiger partial charge is 0.116 e. The van der Waals surface area contributed by atoms with Gasteiger partial charge in [0.2, 0.25) is 0 Å². The van der Waals surface area contributed by atoms with Crippen molar-refractivity contribution in [2.24, 2.45) is 0 Å². The highest BCUT2D eigenvalue weighted by Gasteiger charge is 2.09. The van der Waals surface area contributed by atoms with Crippen molar-refractivity contribution in [1.82, 2.24) is 0 Å². The zero-order valence-electron chi connectivity index (χ0n) is 7.19. The minimum Gasteiger partial charge on any atom is -0.508 e. The quantitative estimate of drug-likeness (QED) is 0.727. The van der Waals surface area contributed by atoms with Crippen LogP contribution < -0.4 is 0 Å². The van der Waals surface area contributed by atoms with Crippen molar-refractivity contribution in [3.8, 4) is 11.8 Å². The van der Waals surface area contributed by atoms with Crippen molar-refractivity contribution in [2.75, 3.05) is 0 Å². The van der Waals surface area contributed by atoms with Gasteiger partial charge in [0.25, 0.3) is 0 Å². The monoisotopic (exact) mass is 221 g/mol. The third-order valence-electron chi connectivity index (χ3n) is 2.01. The molecule has 0 unspecified atom stereocenters. The van der Waals surface area contributed by atoms with Crippen LogP contribution in [0.4, 0.5) is 0 Å². The molecule has 14 heavy (non-hydrogen) atoms. The Morgan fingerprint density at radius 2 is 2.29 bits per heavy atom. The molecule has 0 saturated heterocycles. The molecule has 0 aliphatic rings. The maximum absolute atomic E-state index is 9.33. The molecule has 0 amide bonds. The summed E-state index contributed by atoms with van der Waals surface area (Å²) < 4.78 is 1.91. The fourth-order valence-corrected chi connectivity index (χ4v) is 2.81. The number of phenols is 1. The molecule has 1 heterocycles. The van der Waals surface area contributed by atoms with Crippen LogP contribution in [0.15, 0.2) is 22.4 Å². The van der Waals surface area contributed by atoms with Crippen LogP contribution in [0.2, 0.25) is 0 Å². The normalized spacial score (nSPS) is 10.3. The molecule has 2 aromatic rings. The van der Waals surface area contributed by atoms with E-state index in [2.05, 4.69) is 18.7 Å². The molecule has 1 N–H and O–H groups in total. The Labute approximate surface area is 90.8 Å². The van der Waals surface area contributed by atoms with Crippen LogP contribution >= 0.6 is 24.0 Å². The van der Waals surface area contributed by atoms with Gasteiger partial charge in [-0.05, 0) is 23.8 Å². The van der Waals surface area contributed by atoms with E-state index in [0.717, 1.165) is 19.9 Å². The van der Waals surface area contributed by atoms with Crippen LogP contribution in [0.25, 0.3) is 10.1 Å². The largest absolute Gasteiger partial charge is 0.508 e. The fourth-order valence-electron chi connectivity index (χ4n) is 1.37. The van der Waals surface area contributed by atoms with Crippen LogP contribution in [0.1, 0.15) is 5.56 Å². The summed E-state index contributed by atoms with van der Waals surface area (Å²) >= 11 is 5.84. The SMILES string of the molecule is N#CCc1c(S)sc2ccc(O)cc12. The summed E-state index contributed by atoms with van der Waals surface area (Å²) in [5.74, 6) is 0.225. The van der Waals surface area contributed by atoms with Crippen LogP contribution in [0.3, 0.4) is 0 Å². The molecule has 2 rings (SSSR count). The van der Waals surface area contributed by atoms with Gasteiger partial charge < -0.3 is 5.11 Å². The average molecular weight is 221 g/mol. The van der Waals surface area contributed by atoms with E-state index in [1.54, 1.807) is 12.1 Å². The van der Waals surface area contributed by atoms with E-state index in [9.17, 15) is 5.11 Å². The molecular weight excluding hydrogens is 214 g/mol. The minimum atomic E-state index is 0.225. The van der Waals surface area contributed by atoms with E-state index >= 15 is 0 Å². The van der Waals surface area contributed by atoms with Gasteiger partial charge in [-0.15, -0.1) is 24.0 Å². The third-order valence-corrected chi connectivity index (χ3v) is 3.57. The summed E-state index contributed by atoms with van der Waals surface area (Å²) in [6.45, 7) is 0. The van der Waals surface area contributed by atoms with E-state index in [4.69, 9.17) is 5.26 Å². The zero-order valence-corrected chi connectivity index (χ0v) is 8.90. The molecule has 0 radical (unpaired) electrons. The first-order valence-electron chi connectivity index (χ1n) is 4.02. The van der Waals surface area contributed by atoms with Crippen LogP contribution in [-0.4, -0.2) is 5.11 Å². The van der Waals surface area contributed by atoms with Gasteiger partial charge in [0.05, 0.1) is 16.7 Å². The van der Waals surface area contributed by atoms with Gasteiger partial charge in [0.1, 0.15) is 5.75 Å². The van der Waals surface area contributed by atoms with E-state index in [0.29, 0.717) is 6.42 Å². The summed E-state index contributed by atoms with van der Waals surface area (Å²) in [5.41, 5.74) is 0.909. The Hall–Kier alpha value is -1.18. The van der Waals surface area contributed by atoms with Gasteiger partial charge in [0, 0.05) is 10.1 Å². The van der Waals surface area contributed by atoms with Crippen molar-refractivity contribution >= 4 is 34.1 Å². The highest BCUT2D eigenvalue weighted by Crippen LogP contribution is 2.35. The van der Waals surface area contributed by atoms with Gasteiger partial charge in [-0.3, -0.25) is 0 Å². The number of thiophene rings is 1. The average Bonchev–Trinajstić information content (AvgIpc) is 2.45. The Morgan fingerprint density at radius 3 is 3.00 bits per heavy atom. The maximum Gasteiger partial charge on any atom is 0.116 e. The molecule has 0 bridgehead atoms. The van der Waals surface area contributed by atoms with Crippen LogP contribution in [0.5, 0.6) is 5.75 Å². The molecule has 4 heteroatoms. The summed E-state index contributed by atoms with van der Waals surface area (Å²) in [6, 6.07) is 7.26. The molecule has 1 aromatic heterocycles. The number of phenolic OH excluding ortho intramolecular Hbond substituents is 1. The number of hydrogen-bond acceptors (Lipinski definition) is 4. The number of aromatic hydroxyl groups is 1. The lowest BCUT2D eigenvalue weighted by Gasteiger charge is -1.94. The molecule has 1 aromatic carbocycles. The first-order valence-corrected chi connectivity index (χ1v) is 5.29. The van der Waals surface area contributed by atoms with Crippen molar-refractivity contribution in [2.45, 2.75) is 10.6 Å². The fraction of sp³-hybridized carbons (Fsp3) is 0.100. The predicted octanol–water partition coefficient (Wildman–Crippen LogP) is 2.96. The number of rotatable bonds is 1. The number of hydrogen-bond donors (Lipinski definition) is 2. The summed E-state index contributed by atoms with van der Waals surface area (Å²) in [5, 5.41) is 18.9. The van der Waals surface area contributed by atoms with E-state index in [1.807, 2.05) is 6.07 Å². The molecule has 0 spiro atoms. The standard InChI is InChI=1S/C10H7NOS2/c11-4-3-7-8-5-6(12)1-2-9(8)14-10(7)13/h1-2,5,12-13H,3H2. The molecule has 0 fully saturated rings. The first-order chi connectivity index (χ1) is 6.72. The lowest BCUT2D eigenvalue weighted by atomic mass is 10.1. The Kier molecular flexibility index (Phi) is 2.36. The lowest BCUT2D eigenvalue weighted by molar-refractivity contribution is 0.476. The maximum atomic E-state index is 9.33. The number of thiol groups is 1. The lowest BCUT2D eigenvalue weighted by Crippen LogP contribution is -1.79. The summed E-state index contributed by atoms with van der Waals surface area (Å²) in [4.78, 5) is 0. The van der Waals surface area contributed by atoms with E-state index < -0.39 is 0 Å². The summed E-state index contributed by atoms with van der Waals surface area (Å²) in [7, 11) is 0. The van der Waals surface area contributed by atoms with Gasteiger partial charge in [-0.25, -0.2) is 0 Å². The molecule has 2 nitrogen and oxygen atoms in total. The Bertz CT molecular complexity index is 525. The van der Waals surface area contributed by atoms with Gasteiger partial charge >= 0.3 is 0 Å². The molecule has 0 aliphatic heterocycles. The predicted molar refractivity (Wildman–Crippen MR) is 60.1 cm³/mol. The Morgan fingerprint density at radius 1 is 1.50 bits per heavy atom. The van der Waals surface area contributed by atoms with E-state index in [-0.39, 0.29) is 5.75 Å². The zero-order chi connectivity index (χ0) is 10.1. The van der Waals surface area contributed by atoms with E-state index in [1.165, 1.54) is 11.3 Å². The van der Waals surface area contributed by atoms with Crippen molar-refractivity contribution in [1.29, 1.82) is 5.26 Å². The third kappa shape index (κ3) is 1.45.